The summed E-state index contributed by atoms with van der Waals surface area (Å²) in [6, 6.07) is 0. The monoisotopic (exact) mass is 470 g/mol. The van der Waals surface area contributed by atoms with Gasteiger partial charge in [0.1, 0.15) is 0 Å². The molecule has 0 bridgehead atoms. The van der Waals surface area contributed by atoms with E-state index in [0.717, 1.165) is 30.6 Å². The van der Waals surface area contributed by atoms with Gasteiger partial charge in [-0.2, -0.15) is 0 Å². The summed E-state index contributed by atoms with van der Waals surface area (Å²) >= 11 is 0. The minimum atomic E-state index is -1.73. The lowest BCUT2D eigenvalue weighted by Gasteiger charge is -2.59. The van der Waals surface area contributed by atoms with Crippen molar-refractivity contribution in [1.82, 2.24) is 0 Å². The predicted molar refractivity (Wildman–Crippen MR) is 142 cm³/mol. The van der Waals surface area contributed by atoms with Gasteiger partial charge in [-0.05, 0) is 117 Å². The van der Waals surface area contributed by atoms with Crippen molar-refractivity contribution in [2.75, 3.05) is 0 Å². The Hall–Kier alpha value is -0.603. The van der Waals surface area contributed by atoms with Gasteiger partial charge < -0.3 is 9.53 Å². The summed E-state index contributed by atoms with van der Waals surface area (Å²) in [4.78, 5) is 0. The number of rotatable bonds is 4. The zero-order valence-electron chi connectivity index (χ0n) is 22.8. The lowest BCUT2D eigenvalue weighted by molar-refractivity contribution is -0.0849. The van der Waals surface area contributed by atoms with Crippen molar-refractivity contribution >= 4 is 8.32 Å². The number of hydrogen-bond acceptors (Lipinski definition) is 2. The van der Waals surface area contributed by atoms with E-state index >= 15 is 0 Å². The van der Waals surface area contributed by atoms with Gasteiger partial charge in [-0.3, -0.25) is 0 Å². The molecule has 0 unspecified atom stereocenters. The van der Waals surface area contributed by atoms with Crippen molar-refractivity contribution in [3.63, 3.8) is 0 Å². The van der Waals surface area contributed by atoms with E-state index in [1.807, 2.05) is 13.0 Å². The summed E-state index contributed by atoms with van der Waals surface area (Å²) < 4.78 is 6.89. The normalized spacial score (nSPS) is 42.8. The molecule has 0 heterocycles. The molecular formula is C30H50O2Si. The smallest absolute Gasteiger partial charge is 0.192 e. The van der Waals surface area contributed by atoms with Gasteiger partial charge in [0.25, 0.3) is 0 Å². The zero-order chi connectivity index (χ0) is 24.4. The molecule has 1 N–H and O–H groups in total. The third-order valence-corrected chi connectivity index (χ3v) is 16.0. The minimum Gasteiger partial charge on any atom is -0.414 e. The van der Waals surface area contributed by atoms with Crippen molar-refractivity contribution in [1.29, 1.82) is 0 Å². The molecular weight excluding hydrogens is 420 g/mol. The third kappa shape index (κ3) is 4.10. The van der Waals surface area contributed by atoms with E-state index in [-0.39, 0.29) is 10.5 Å². The Kier molecular flexibility index (Phi) is 6.35. The highest BCUT2D eigenvalue weighted by Crippen LogP contribution is 2.67. The molecule has 4 aliphatic rings. The van der Waals surface area contributed by atoms with Crippen molar-refractivity contribution in [2.45, 2.75) is 123 Å². The predicted octanol–water partition coefficient (Wildman–Crippen LogP) is 8.05. The standard InChI is InChI=1S/C30H50O2Si/c1-10-17-30(7,31)26-14-13-24-23-12-11-21-20-22(32-33(8,9)27(2,3)4)15-18-28(21,5)25(23)16-19-29(24,26)6/h11,17,22-26,31H,1,12-16,18-20H2,2-9H3/t22-,23-,24-,25-,26-,28-,29-,30-/m0/s1. The van der Waals surface area contributed by atoms with Crippen LogP contribution < -0.4 is 0 Å². The van der Waals surface area contributed by atoms with E-state index < -0.39 is 13.9 Å². The summed E-state index contributed by atoms with van der Waals surface area (Å²) in [5.41, 5.74) is 4.37. The van der Waals surface area contributed by atoms with E-state index in [1.165, 1.54) is 38.5 Å². The van der Waals surface area contributed by atoms with Gasteiger partial charge in [-0.15, -0.1) is 5.73 Å². The summed E-state index contributed by atoms with van der Waals surface area (Å²) in [6.07, 6.45) is 14.7. The first-order valence-corrected chi connectivity index (χ1v) is 16.5. The Morgan fingerprint density at radius 2 is 1.79 bits per heavy atom. The van der Waals surface area contributed by atoms with Gasteiger partial charge in [0.2, 0.25) is 0 Å². The van der Waals surface area contributed by atoms with E-state index in [2.05, 4.69) is 66.1 Å². The minimum absolute atomic E-state index is 0.225. The highest BCUT2D eigenvalue weighted by Gasteiger charge is 2.61. The van der Waals surface area contributed by atoms with Crippen LogP contribution in [0.4, 0.5) is 0 Å². The van der Waals surface area contributed by atoms with Crippen LogP contribution in [0, 0.1) is 34.5 Å². The maximum absolute atomic E-state index is 11.3. The molecule has 8 atom stereocenters. The molecule has 33 heavy (non-hydrogen) atoms. The molecule has 3 saturated carbocycles. The molecule has 0 aromatic heterocycles. The summed E-state index contributed by atoms with van der Waals surface area (Å²) in [6.45, 7) is 22.7. The molecule has 0 aromatic rings. The first kappa shape index (κ1) is 25.5. The summed E-state index contributed by atoms with van der Waals surface area (Å²) in [5.74, 6) is 2.60. The number of fused-ring (bicyclic) bond motifs is 5. The molecule has 0 aliphatic heterocycles. The number of allylic oxidation sites excluding steroid dienone is 1. The molecule has 3 heteroatoms. The van der Waals surface area contributed by atoms with Crippen LogP contribution >= 0.6 is 0 Å². The van der Waals surface area contributed by atoms with Gasteiger partial charge in [0.15, 0.2) is 8.32 Å². The molecule has 0 aromatic carbocycles. The number of hydrogen-bond donors (Lipinski definition) is 1. The first-order valence-electron chi connectivity index (χ1n) is 13.6. The zero-order valence-corrected chi connectivity index (χ0v) is 23.8. The Bertz CT molecular complexity index is 842. The second-order valence-electron chi connectivity index (χ2n) is 14.3. The van der Waals surface area contributed by atoms with Crippen molar-refractivity contribution < 1.29 is 9.53 Å². The topological polar surface area (TPSA) is 29.5 Å². The van der Waals surface area contributed by atoms with Crippen LogP contribution in [0.1, 0.15) is 92.9 Å². The van der Waals surface area contributed by atoms with Crippen LogP contribution in [0.2, 0.25) is 18.1 Å². The Balaban J connectivity index is 1.54. The van der Waals surface area contributed by atoms with Gasteiger partial charge in [0.05, 0.1) is 5.60 Å². The maximum Gasteiger partial charge on any atom is 0.192 e. The molecule has 0 radical (unpaired) electrons. The molecule has 0 spiro atoms. The van der Waals surface area contributed by atoms with Crippen molar-refractivity contribution in [3.8, 4) is 0 Å². The van der Waals surface area contributed by atoms with Crippen molar-refractivity contribution in [2.24, 2.45) is 34.5 Å². The molecule has 4 rings (SSSR count). The first-order chi connectivity index (χ1) is 15.2. The Labute approximate surface area is 205 Å². The second-order valence-corrected chi connectivity index (χ2v) is 19.0. The maximum atomic E-state index is 11.3. The van der Waals surface area contributed by atoms with Crippen LogP contribution in [0.15, 0.2) is 30.0 Å². The fourth-order valence-corrected chi connectivity index (χ4v) is 9.98. The quantitative estimate of drug-likeness (QED) is 0.256. The van der Waals surface area contributed by atoms with Gasteiger partial charge in [-0.1, -0.05) is 52.8 Å². The van der Waals surface area contributed by atoms with Gasteiger partial charge in [-0.25, -0.2) is 0 Å². The van der Waals surface area contributed by atoms with Crippen molar-refractivity contribution in [3.05, 3.63) is 30.0 Å². The van der Waals surface area contributed by atoms with Gasteiger partial charge in [0, 0.05) is 6.10 Å². The lowest BCUT2D eigenvalue weighted by atomic mass is 9.47. The van der Waals surface area contributed by atoms with Crippen LogP contribution in [0.3, 0.4) is 0 Å². The highest BCUT2D eigenvalue weighted by atomic mass is 28.4. The van der Waals surface area contributed by atoms with Gasteiger partial charge >= 0.3 is 0 Å². The van der Waals surface area contributed by atoms with E-state index in [9.17, 15) is 5.11 Å². The average Bonchev–Trinajstić information content (AvgIpc) is 3.05. The summed E-state index contributed by atoms with van der Waals surface area (Å²) in [5, 5.41) is 11.5. The lowest BCUT2D eigenvalue weighted by Crippen LogP contribution is -2.53. The average molecular weight is 471 g/mol. The molecule has 2 nitrogen and oxygen atoms in total. The largest absolute Gasteiger partial charge is 0.414 e. The third-order valence-electron chi connectivity index (χ3n) is 11.4. The molecule has 3 fully saturated rings. The molecule has 186 valence electrons. The van der Waals surface area contributed by atoms with E-state index in [0.29, 0.717) is 17.4 Å². The van der Waals surface area contributed by atoms with Crippen LogP contribution in [0.25, 0.3) is 0 Å². The fourth-order valence-electron chi connectivity index (χ4n) is 8.59. The van der Waals surface area contributed by atoms with E-state index in [4.69, 9.17) is 4.43 Å². The van der Waals surface area contributed by atoms with Crippen LogP contribution in [0.5, 0.6) is 0 Å². The Morgan fingerprint density at radius 1 is 1.09 bits per heavy atom. The number of aliphatic hydroxyl groups is 1. The highest BCUT2D eigenvalue weighted by molar-refractivity contribution is 6.74. The van der Waals surface area contributed by atoms with E-state index in [1.54, 1.807) is 5.57 Å². The molecule has 4 aliphatic carbocycles. The van der Waals surface area contributed by atoms with Crippen LogP contribution in [-0.4, -0.2) is 25.1 Å². The molecule has 0 saturated heterocycles. The molecule has 0 amide bonds. The second kappa shape index (κ2) is 8.22. The van der Waals surface area contributed by atoms with Crippen LogP contribution in [-0.2, 0) is 4.43 Å². The Morgan fingerprint density at radius 3 is 2.42 bits per heavy atom. The SMILES string of the molecule is C=C=C[C@](C)(O)[C@H]1CC[C@H]2[C@@H]3CC=C4C[C@@H](O[Si](C)(C)C(C)(C)C)CC[C@]4(C)[C@H]3CC[C@@]21C. The summed E-state index contributed by atoms with van der Waals surface area (Å²) in [7, 11) is -1.73. The fraction of sp³-hybridized carbons (Fsp3) is 0.833.